The first-order valence-electron chi connectivity index (χ1n) is 5.55. The quantitative estimate of drug-likeness (QED) is 0.707. The molecule has 0 bridgehead atoms. The van der Waals surface area contributed by atoms with E-state index in [1.807, 2.05) is 24.3 Å². The van der Waals surface area contributed by atoms with E-state index in [0.29, 0.717) is 13.2 Å². The Morgan fingerprint density at radius 3 is 2.44 bits per heavy atom. The second kappa shape index (κ2) is 4.59. The Bertz CT molecular complexity index is 380. The molecule has 1 aromatic rings. The third-order valence-electron chi connectivity index (χ3n) is 2.90. The van der Waals surface area contributed by atoms with Gasteiger partial charge in [-0.15, -0.1) is 6.42 Å². The summed E-state index contributed by atoms with van der Waals surface area (Å²) >= 11 is 0. The van der Waals surface area contributed by atoms with Crippen molar-refractivity contribution in [1.29, 1.82) is 0 Å². The van der Waals surface area contributed by atoms with Gasteiger partial charge in [0.1, 0.15) is 5.75 Å². The van der Waals surface area contributed by atoms with Crippen LogP contribution in [0, 0.1) is 19.3 Å². The Kier molecular flexibility index (Phi) is 3.17. The fraction of sp³-hybridized carbons (Fsp3) is 0.429. The van der Waals surface area contributed by atoms with Gasteiger partial charge in [-0.25, -0.2) is 0 Å². The molecule has 2 rings (SSSR count). The van der Waals surface area contributed by atoms with Gasteiger partial charge in [0.2, 0.25) is 0 Å². The van der Waals surface area contributed by atoms with Crippen LogP contribution < -0.4 is 4.74 Å². The first-order valence-corrected chi connectivity index (χ1v) is 5.55. The molecule has 0 aliphatic carbocycles. The Hall–Kier alpha value is -1.46. The highest BCUT2D eigenvalue weighted by Crippen LogP contribution is 2.27. The minimum Gasteiger partial charge on any atom is -0.474 e. The molecule has 1 aromatic carbocycles. The summed E-state index contributed by atoms with van der Waals surface area (Å²) in [7, 11) is 0. The SMILES string of the molecule is C#CC1(Oc2ccc(C)cc2)CCOCC1. The Morgan fingerprint density at radius 1 is 1.25 bits per heavy atom. The highest BCUT2D eigenvalue weighted by atomic mass is 16.5. The molecule has 0 unspecified atom stereocenters. The lowest BCUT2D eigenvalue weighted by Crippen LogP contribution is -2.40. The van der Waals surface area contributed by atoms with Crippen molar-refractivity contribution in [3.63, 3.8) is 0 Å². The molecule has 1 aliphatic heterocycles. The summed E-state index contributed by atoms with van der Waals surface area (Å²) in [5.41, 5.74) is 0.738. The van der Waals surface area contributed by atoms with Gasteiger partial charge in [0, 0.05) is 12.8 Å². The number of rotatable bonds is 2. The lowest BCUT2D eigenvalue weighted by Gasteiger charge is -2.33. The van der Waals surface area contributed by atoms with Crippen LogP contribution in [-0.4, -0.2) is 18.8 Å². The molecule has 0 saturated carbocycles. The van der Waals surface area contributed by atoms with Gasteiger partial charge in [-0.1, -0.05) is 23.6 Å². The van der Waals surface area contributed by atoms with Crippen molar-refractivity contribution in [2.75, 3.05) is 13.2 Å². The second-order valence-corrected chi connectivity index (χ2v) is 4.17. The minimum absolute atomic E-state index is 0.479. The van der Waals surface area contributed by atoms with E-state index in [4.69, 9.17) is 15.9 Å². The molecule has 0 spiro atoms. The summed E-state index contributed by atoms with van der Waals surface area (Å²) < 4.78 is 11.2. The van der Waals surface area contributed by atoms with Gasteiger partial charge in [-0.3, -0.25) is 0 Å². The highest BCUT2D eigenvalue weighted by Gasteiger charge is 2.32. The van der Waals surface area contributed by atoms with Crippen LogP contribution in [0.25, 0.3) is 0 Å². The van der Waals surface area contributed by atoms with Crippen LogP contribution in [0.4, 0.5) is 0 Å². The summed E-state index contributed by atoms with van der Waals surface area (Å²) in [6, 6.07) is 7.98. The number of benzene rings is 1. The van der Waals surface area contributed by atoms with Gasteiger partial charge in [0.25, 0.3) is 0 Å². The van der Waals surface area contributed by atoms with Crippen molar-refractivity contribution >= 4 is 0 Å². The molecule has 0 amide bonds. The van der Waals surface area contributed by atoms with Crippen LogP contribution in [-0.2, 0) is 4.74 Å². The average Bonchev–Trinajstić information content (AvgIpc) is 2.33. The molecule has 1 heterocycles. The standard InChI is InChI=1S/C14H16O2/c1-3-14(8-10-15-11-9-14)16-13-6-4-12(2)5-7-13/h1,4-7H,8-11H2,2H3. The van der Waals surface area contributed by atoms with Crippen LogP contribution >= 0.6 is 0 Å². The molecule has 1 saturated heterocycles. The lowest BCUT2D eigenvalue weighted by atomic mass is 9.95. The van der Waals surface area contributed by atoms with Crippen molar-refractivity contribution < 1.29 is 9.47 Å². The Labute approximate surface area is 96.6 Å². The predicted octanol–water partition coefficient (Wildman–Crippen LogP) is 2.56. The van der Waals surface area contributed by atoms with E-state index in [0.717, 1.165) is 18.6 Å². The van der Waals surface area contributed by atoms with Crippen molar-refractivity contribution in [3.8, 4) is 18.1 Å². The monoisotopic (exact) mass is 216 g/mol. The van der Waals surface area contributed by atoms with Crippen molar-refractivity contribution in [1.82, 2.24) is 0 Å². The smallest absolute Gasteiger partial charge is 0.173 e. The zero-order valence-corrected chi connectivity index (χ0v) is 9.53. The van der Waals surface area contributed by atoms with Crippen LogP contribution in [0.3, 0.4) is 0 Å². The summed E-state index contributed by atoms with van der Waals surface area (Å²) in [6.45, 7) is 3.40. The largest absolute Gasteiger partial charge is 0.474 e. The summed E-state index contributed by atoms with van der Waals surface area (Å²) in [4.78, 5) is 0. The summed E-state index contributed by atoms with van der Waals surface area (Å²) in [6.07, 6.45) is 7.11. The normalized spacial score (nSPS) is 18.8. The van der Waals surface area contributed by atoms with Crippen molar-refractivity contribution in [2.24, 2.45) is 0 Å². The molecule has 2 heteroatoms. The number of terminal acetylenes is 1. The van der Waals surface area contributed by atoms with E-state index >= 15 is 0 Å². The average molecular weight is 216 g/mol. The number of aryl methyl sites for hydroxylation is 1. The van der Waals surface area contributed by atoms with E-state index < -0.39 is 5.60 Å². The van der Waals surface area contributed by atoms with E-state index in [1.54, 1.807) is 0 Å². The van der Waals surface area contributed by atoms with Crippen LogP contribution in [0.5, 0.6) is 5.75 Å². The number of hydrogen-bond donors (Lipinski definition) is 0. The molecule has 1 aliphatic rings. The maximum atomic E-state index is 5.93. The first-order chi connectivity index (χ1) is 7.74. The van der Waals surface area contributed by atoms with Gasteiger partial charge in [0.15, 0.2) is 5.60 Å². The molecular formula is C14H16O2. The van der Waals surface area contributed by atoms with Crippen molar-refractivity contribution in [3.05, 3.63) is 29.8 Å². The zero-order chi connectivity index (χ0) is 11.4. The van der Waals surface area contributed by atoms with Gasteiger partial charge in [-0.2, -0.15) is 0 Å². The fourth-order valence-corrected chi connectivity index (χ4v) is 1.81. The van der Waals surface area contributed by atoms with Gasteiger partial charge < -0.3 is 9.47 Å². The minimum atomic E-state index is -0.479. The fourth-order valence-electron chi connectivity index (χ4n) is 1.81. The molecule has 0 N–H and O–H groups in total. The third kappa shape index (κ3) is 2.37. The second-order valence-electron chi connectivity index (χ2n) is 4.17. The first kappa shape index (κ1) is 11.0. The molecule has 2 nitrogen and oxygen atoms in total. The van der Waals surface area contributed by atoms with E-state index in [2.05, 4.69) is 12.8 Å². The summed E-state index contributed by atoms with van der Waals surface area (Å²) in [5.74, 6) is 3.62. The van der Waals surface area contributed by atoms with Gasteiger partial charge in [-0.05, 0) is 19.1 Å². The number of hydrogen-bond acceptors (Lipinski definition) is 2. The predicted molar refractivity (Wildman–Crippen MR) is 63.4 cm³/mol. The highest BCUT2D eigenvalue weighted by molar-refractivity contribution is 5.28. The van der Waals surface area contributed by atoms with Crippen molar-refractivity contribution in [2.45, 2.75) is 25.4 Å². The Balaban J connectivity index is 2.12. The van der Waals surface area contributed by atoms with Crippen LogP contribution in [0.15, 0.2) is 24.3 Å². The molecule has 0 atom stereocenters. The topological polar surface area (TPSA) is 18.5 Å². The van der Waals surface area contributed by atoms with Gasteiger partial charge >= 0.3 is 0 Å². The lowest BCUT2D eigenvalue weighted by molar-refractivity contribution is -0.0111. The molecule has 16 heavy (non-hydrogen) atoms. The molecule has 0 radical (unpaired) electrons. The molecular weight excluding hydrogens is 200 g/mol. The molecule has 0 aromatic heterocycles. The molecule has 1 fully saturated rings. The molecule has 84 valence electrons. The van der Waals surface area contributed by atoms with E-state index in [-0.39, 0.29) is 0 Å². The maximum absolute atomic E-state index is 5.93. The van der Waals surface area contributed by atoms with E-state index in [9.17, 15) is 0 Å². The summed E-state index contributed by atoms with van der Waals surface area (Å²) in [5, 5.41) is 0. The number of ether oxygens (including phenoxy) is 2. The van der Waals surface area contributed by atoms with Crippen LogP contribution in [0.1, 0.15) is 18.4 Å². The van der Waals surface area contributed by atoms with Gasteiger partial charge in [0.05, 0.1) is 13.2 Å². The van der Waals surface area contributed by atoms with E-state index in [1.165, 1.54) is 5.56 Å². The zero-order valence-electron chi connectivity index (χ0n) is 9.53. The van der Waals surface area contributed by atoms with Crippen LogP contribution in [0.2, 0.25) is 0 Å². The Morgan fingerprint density at radius 2 is 1.88 bits per heavy atom. The third-order valence-corrected chi connectivity index (χ3v) is 2.90. The maximum Gasteiger partial charge on any atom is 0.173 e.